The molecule has 0 aliphatic heterocycles. The molecule has 2 N–H and O–H groups in total. The summed E-state index contributed by atoms with van der Waals surface area (Å²) >= 11 is 6.14. The van der Waals surface area contributed by atoms with Crippen LogP contribution in [0.4, 0.5) is 0 Å². The van der Waals surface area contributed by atoms with Crippen molar-refractivity contribution in [1.82, 2.24) is 0 Å². The van der Waals surface area contributed by atoms with E-state index in [4.69, 9.17) is 26.8 Å². The third-order valence-electron chi connectivity index (χ3n) is 2.48. The molecule has 0 aromatic heterocycles. The van der Waals surface area contributed by atoms with E-state index in [0.717, 1.165) is 18.4 Å². The fourth-order valence-electron chi connectivity index (χ4n) is 1.55. The number of rotatable bonds is 4. The molecular formula is C14H18ClNO2. The lowest BCUT2D eigenvalue weighted by Crippen LogP contribution is -2.16. The molecule has 0 aliphatic carbocycles. The molecule has 0 aliphatic rings. The van der Waals surface area contributed by atoms with E-state index in [1.807, 2.05) is 6.07 Å². The van der Waals surface area contributed by atoms with Gasteiger partial charge >= 0.3 is 0 Å². The minimum absolute atomic E-state index is 0.124. The van der Waals surface area contributed by atoms with Crippen LogP contribution in [0.2, 0.25) is 5.02 Å². The highest BCUT2D eigenvalue weighted by Crippen LogP contribution is 2.36. The van der Waals surface area contributed by atoms with Gasteiger partial charge in [-0.05, 0) is 18.6 Å². The normalized spacial score (nSPS) is 11.4. The van der Waals surface area contributed by atoms with Crippen LogP contribution >= 0.6 is 11.6 Å². The zero-order valence-electron chi connectivity index (χ0n) is 10.9. The van der Waals surface area contributed by atoms with Crippen LogP contribution in [0.5, 0.6) is 11.5 Å². The molecule has 3 nitrogen and oxygen atoms in total. The molecule has 1 aromatic carbocycles. The maximum absolute atomic E-state index is 6.14. The minimum atomic E-state index is -0.124. The van der Waals surface area contributed by atoms with Gasteiger partial charge in [0.05, 0.1) is 25.8 Å². The highest BCUT2D eigenvalue weighted by molar-refractivity contribution is 6.33. The Morgan fingerprint density at radius 2 is 2.06 bits per heavy atom. The van der Waals surface area contributed by atoms with Gasteiger partial charge in [-0.1, -0.05) is 36.8 Å². The molecule has 0 heterocycles. The second-order valence-corrected chi connectivity index (χ2v) is 4.21. The van der Waals surface area contributed by atoms with E-state index in [-0.39, 0.29) is 6.04 Å². The van der Waals surface area contributed by atoms with E-state index in [1.54, 1.807) is 20.3 Å². The Hall–Kier alpha value is -1.37. The molecule has 1 unspecified atom stereocenters. The zero-order valence-corrected chi connectivity index (χ0v) is 11.7. The summed E-state index contributed by atoms with van der Waals surface area (Å²) in [5.41, 5.74) is 6.56. The van der Waals surface area contributed by atoms with Crippen molar-refractivity contribution >= 4 is 11.6 Å². The minimum Gasteiger partial charge on any atom is -0.495 e. The molecule has 0 saturated carbocycles. The summed E-state index contributed by atoms with van der Waals surface area (Å²) in [4.78, 5) is 0. The van der Waals surface area contributed by atoms with Crippen molar-refractivity contribution in [2.45, 2.75) is 25.8 Å². The Bertz CT molecular complexity index is 463. The molecule has 4 heteroatoms. The Kier molecular flexibility index (Phi) is 5.84. The summed E-state index contributed by atoms with van der Waals surface area (Å²) in [6.07, 6.45) is 1.88. The van der Waals surface area contributed by atoms with Gasteiger partial charge in [0.15, 0.2) is 5.75 Å². The van der Waals surface area contributed by atoms with Gasteiger partial charge in [-0.25, -0.2) is 0 Å². The van der Waals surface area contributed by atoms with Crippen molar-refractivity contribution in [1.29, 1.82) is 0 Å². The Balaban J connectivity index is 3.06. The van der Waals surface area contributed by atoms with E-state index < -0.39 is 0 Å². The number of hydrogen-bond donors (Lipinski definition) is 1. The largest absolute Gasteiger partial charge is 0.495 e. The number of benzene rings is 1. The summed E-state index contributed by atoms with van der Waals surface area (Å²) in [7, 11) is 3.11. The molecule has 18 heavy (non-hydrogen) atoms. The fraction of sp³-hybridized carbons (Fsp3) is 0.429. The Morgan fingerprint density at radius 1 is 1.33 bits per heavy atom. The van der Waals surface area contributed by atoms with Crippen LogP contribution in [0.3, 0.4) is 0 Å². The van der Waals surface area contributed by atoms with Crippen molar-refractivity contribution in [3.8, 4) is 23.3 Å². The van der Waals surface area contributed by atoms with Crippen LogP contribution in [0.1, 0.15) is 25.3 Å². The van der Waals surface area contributed by atoms with Crippen molar-refractivity contribution in [2.75, 3.05) is 14.2 Å². The van der Waals surface area contributed by atoms with E-state index >= 15 is 0 Å². The first-order valence-corrected chi connectivity index (χ1v) is 6.19. The molecule has 0 saturated heterocycles. The first kappa shape index (κ1) is 14.7. The lowest BCUT2D eigenvalue weighted by molar-refractivity contribution is 0.394. The standard InChI is InChI=1S/C14H18ClNO2/c1-4-5-11(16)8-6-10-7-9-12(17-2)13(15)14(10)18-3/h7,9,11H,4-5,16H2,1-3H3. The number of hydrogen-bond acceptors (Lipinski definition) is 3. The summed E-state index contributed by atoms with van der Waals surface area (Å²) in [5.74, 6) is 7.08. The molecule has 0 amide bonds. The van der Waals surface area contributed by atoms with Crippen LogP contribution in [0.15, 0.2) is 12.1 Å². The molecule has 1 aromatic rings. The maximum Gasteiger partial charge on any atom is 0.156 e. The third-order valence-corrected chi connectivity index (χ3v) is 2.84. The van der Waals surface area contributed by atoms with Gasteiger partial charge in [0.25, 0.3) is 0 Å². The van der Waals surface area contributed by atoms with Crippen molar-refractivity contribution in [3.63, 3.8) is 0 Å². The summed E-state index contributed by atoms with van der Waals surface area (Å²) in [5, 5.41) is 0.427. The predicted molar refractivity (Wildman–Crippen MR) is 74.3 cm³/mol. The second-order valence-electron chi connectivity index (χ2n) is 3.83. The lowest BCUT2D eigenvalue weighted by Gasteiger charge is -2.09. The van der Waals surface area contributed by atoms with Crippen LogP contribution in [-0.2, 0) is 0 Å². The second kappa shape index (κ2) is 7.15. The SMILES string of the molecule is CCCC(N)C#Cc1ccc(OC)c(Cl)c1OC. The molecule has 0 fully saturated rings. The zero-order chi connectivity index (χ0) is 13.5. The Labute approximate surface area is 113 Å². The first-order valence-electron chi connectivity index (χ1n) is 5.81. The summed E-state index contributed by atoms with van der Waals surface area (Å²) < 4.78 is 10.4. The van der Waals surface area contributed by atoms with Crippen molar-refractivity contribution < 1.29 is 9.47 Å². The van der Waals surface area contributed by atoms with Crippen molar-refractivity contribution in [3.05, 3.63) is 22.7 Å². The number of methoxy groups -OCH3 is 2. The monoisotopic (exact) mass is 267 g/mol. The molecule has 1 rings (SSSR count). The van der Waals surface area contributed by atoms with Gasteiger partial charge in [-0.15, -0.1) is 0 Å². The van der Waals surface area contributed by atoms with Crippen LogP contribution in [0.25, 0.3) is 0 Å². The van der Waals surface area contributed by atoms with Gasteiger partial charge in [0.2, 0.25) is 0 Å². The number of ether oxygens (including phenoxy) is 2. The smallest absolute Gasteiger partial charge is 0.156 e. The predicted octanol–water partition coefficient (Wildman–Crippen LogP) is 2.84. The topological polar surface area (TPSA) is 44.5 Å². The van der Waals surface area contributed by atoms with E-state index in [2.05, 4.69) is 18.8 Å². The average molecular weight is 268 g/mol. The highest BCUT2D eigenvalue weighted by Gasteiger charge is 2.11. The van der Waals surface area contributed by atoms with Crippen LogP contribution in [-0.4, -0.2) is 20.3 Å². The molecule has 0 bridgehead atoms. The third kappa shape index (κ3) is 3.56. The van der Waals surface area contributed by atoms with E-state index in [9.17, 15) is 0 Å². The van der Waals surface area contributed by atoms with Gasteiger partial charge in [0, 0.05) is 0 Å². The van der Waals surface area contributed by atoms with E-state index in [1.165, 1.54) is 0 Å². The molecule has 98 valence electrons. The summed E-state index contributed by atoms with van der Waals surface area (Å²) in [6, 6.07) is 3.45. The fourth-order valence-corrected chi connectivity index (χ4v) is 1.87. The quantitative estimate of drug-likeness (QED) is 0.853. The molecule has 1 atom stereocenters. The van der Waals surface area contributed by atoms with Gasteiger partial charge in [-0.2, -0.15) is 0 Å². The highest BCUT2D eigenvalue weighted by atomic mass is 35.5. The lowest BCUT2D eigenvalue weighted by atomic mass is 10.1. The number of halogens is 1. The maximum atomic E-state index is 6.14. The van der Waals surface area contributed by atoms with Crippen LogP contribution < -0.4 is 15.2 Å². The van der Waals surface area contributed by atoms with E-state index in [0.29, 0.717) is 16.5 Å². The first-order chi connectivity index (χ1) is 8.63. The summed E-state index contributed by atoms with van der Waals surface area (Å²) in [6.45, 7) is 2.08. The van der Waals surface area contributed by atoms with Gasteiger partial charge in [0.1, 0.15) is 10.8 Å². The van der Waals surface area contributed by atoms with Crippen LogP contribution in [0, 0.1) is 11.8 Å². The molecular weight excluding hydrogens is 250 g/mol. The molecule has 0 spiro atoms. The van der Waals surface area contributed by atoms with Gasteiger partial charge in [-0.3, -0.25) is 0 Å². The van der Waals surface area contributed by atoms with Crippen molar-refractivity contribution in [2.24, 2.45) is 5.73 Å². The number of nitrogens with two attached hydrogens (primary N) is 1. The average Bonchev–Trinajstić information content (AvgIpc) is 2.36. The van der Waals surface area contributed by atoms with Gasteiger partial charge < -0.3 is 15.2 Å². The molecule has 0 radical (unpaired) electrons. The Morgan fingerprint density at radius 3 is 2.61 bits per heavy atom.